The van der Waals surface area contributed by atoms with Crippen molar-refractivity contribution in [3.63, 3.8) is 0 Å². The zero-order valence-corrected chi connectivity index (χ0v) is 14.7. The number of rotatable bonds is 8. The Labute approximate surface area is 151 Å². The fraction of sp³-hybridized carbons (Fsp3) is 0.263. The first-order valence-corrected chi connectivity index (χ1v) is 8.32. The topological polar surface area (TPSA) is 64.6 Å². The molecule has 2 aromatic rings. The average molecular weight is 362 g/mol. The van der Waals surface area contributed by atoms with Gasteiger partial charge in [0.2, 0.25) is 0 Å². The van der Waals surface area contributed by atoms with Gasteiger partial charge < -0.3 is 14.8 Å². The summed E-state index contributed by atoms with van der Waals surface area (Å²) >= 11 is 5.78. The van der Waals surface area contributed by atoms with E-state index >= 15 is 0 Å². The molecule has 1 atom stereocenters. The maximum Gasteiger partial charge on any atom is 0.347 e. The molecular formula is C19H20ClNO4. The normalized spacial score (nSPS) is 11.4. The number of nitrogens with one attached hydrogen (secondary N) is 1. The summed E-state index contributed by atoms with van der Waals surface area (Å²) in [7, 11) is 0. The third-order valence-electron chi connectivity index (χ3n) is 3.38. The smallest absolute Gasteiger partial charge is 0.347 e. The molecule has 1 unspecified atom stereocenters. The highest BCUT2D eigenvalue weighted by Crippen LogP contribution is 2.17. The first-order valence-electron chi connectivity index (χ1n) is 7.94. The van der Waals surface area contributed by atoms with Gasteiger partial charge in [-0.2, -0.15) is 0 Å². The Morgan fingerprint density at radius 1 is 1.08 bits per heavy atom. The molecule has 0 heterocycles. The number of carbonyl (C=O) groups excluding carboxylic acids is 2. The number of amides is 1. The minimum absolute atomic E-state index is 0.331. The van der Waals surface area contributed by atoms with Crippen molar-refractivity contribution >= 4 is 23.5 Å². The number of benzene rings is 2. The molecule has 0 saturated heterocycles. The highest BCUT2D eigenvalue weighted by atomic mass is 35.5. The van der Waals surface area contributed by atoms with E-state index in [4.69, 9.17) is 21.1 Å². The standard InChI is InChI=1S/C19H20ClNO4/c1-14(25-17-9-7-16(20)8-10-17)19(23)24-13-18(22)21-12-11-15-5-3-2-4-6-15/h2-10,14H,11-13H2,1H3,(H,21,22). The van der Waals surface area contributed by atoms with E-state index in [0.29, 0.717) is 17.3 Å². The second kappa shape index (κ2) is 9.69. The van der Waals surface area contributed by atoms with Gasteiger partial charge in [-0.1, -0.05) is 41.9 Å². The van der Waals surface area contributed by atoms with Crippen LogP contribution >= 0.6 is 11.6 Å². The molecule has 0 saturated carbocycles. The predicted octanol–water partition coefficient (Wildman–Crippen LogP) is 3.01. The van der Waals surface area contributed by atoms with Crippen LogP contribution in [0.4, 0.5) is 0 Å². The molecule has 25 heavy (non-hydrogen) atoms. The van der Waals surface area contributed by atoms with Crippen LogP contribution in [0.3, 0.4) is 0 Å². The molecule has 0 aliphatic rings. The van der Waals surface area contributed by atoms with Crippen molar-refractivity contribution in [2.75, 3.05) is 13.2 Å². The molecule has 2 rings (SSSR count). The molecule has 0 bridgehead atoms. The average Bonchev–Trinajstić information content (AvgIpc) is 2.62. The fourth-order valence-corrected chi connectivity index (χ4v) is 2.19. The van der Waals surface area contributed by atoms with Gasteiger partial charge in [0.15, 0.2) is 12.7 Å². The van der Waals surface area contributed by atoms with Crippen molar-refractivity contribution in [2.45, 2.75) is 19.4 Å². The van der Waals surface area contributed by atoms with E-state index in [2.05, 4.69) is 5.32 Å². The highest BCUT2D eigenvalue weighted by molar-refractivity contribution is 6.30. The lowest BCUT2D eigenvalue weighted by atomic mass is 10.1. The molecule has 0 aliphatic heterocycles. The Balaban J connectivity index is 1.66. The van der Waals surface area contributed by atoms with Gasteiger partial charge in [-0.05, 0) is 43.2 Å². The quantitative estimate of drug-likeness (QED) is 0.734. The van der Waals surface area contributed by atoms with Crippen LogP contribution in [0.2, 0.25) is 5.02 Å². The number of halogens is 1. The number of esters is 1. The maximum absolute atomic E-state index is 11.9. The Kier molecular flexibility index (Phi) is 7.29. The summed E-state index contributed by atoms with van der Waals surface area (Å²) in [5, 5.41) is 3.29. The molecule has 1 amide bonds. The van der Waals surface area contributed by atoms with Gasteiger partial charge in [0.05, 0.1) is 0 Å². The summed E-state index contributed by atoms with van der Waals surface area (Å²) < 4.78 is 10.4. The summed E-state index contributed by atoms with van der Waals surface area (Å²) in [6, 6.07) is 16.4. The van der Waals surface area contributed by atoms with Crippen molar-refractivity contribution in [2.24, 2.45) is 0 Å². The molecule has 0 radical (unpaired) electrons. The van der Waals surface area contributed by atoms with E-state index in [1.54, 1.807) is 31.2 Å². The predicted molar refractivity (Wildman–Crippen MR) is 95.7 cm³/mol. The van der Waals surface area contributed by atoms with Gasteiger partial charge in [-0.25, -0.2) is 4.79 Å². The summed E-state index contributed by atoms with van der Waals surface area (Å²) in [6.45, 7) is 1.71. The van der Waals surface area contributed by atoms with E-state index in [0.717, 1.165) is 12.0 Å². The van der Waals surface area contributed by atoms with Crippen LogP contribution in [0, 0.1) is 0 Å². The van der Waals surface area contributed by atoms with Crippen LogP contribution in [0.15, 0.2) is 54.6 Å². The number of hydrogen-bond acceptors (Lipinski definition) is 4. The molecule has 0 aliphatic carbocycles. The van der Waals surface area contributed by atoms with E-state index < -0.39 is 12.1 Å². The summed E-state index contributed by atoms with van der Waals surface area (Å²) in [5.41, 5.74) is 1.13. The first kappa shape index (κ1) is 18.8. The second-order valence-corrected chi connectivity index (χ2v) is 5.84. The lowest BCUT2D eigenvalue weighted by molar-refractivity contribution is -0.154. The Hall–Kier alpha value is -2.53. The van der Waals surface area contributed by atoms with Crippen molar-refractivity contribution in [1.29, 1.82) is 0 Å². The third kappa shape index (κ3) is 6.85. The van der Waals surface area contributed by atoms with E-state index in [1.807, 2.05) is 30.3 Å². The van der Waals surface area contributed by atoms with Crippen molar-refractivity contribution < 1.29 is 19.1 Å². The van der Waals surface area contributed by atoms with Crippen LogP contribution < -0.4 is 10.1 Å². The molecule has 5 nitrogen and oxygen atoms in total. The summed E-state index contributed by atoms with van der Waals surface area (Å²) in [6.07, 6.45) is -0.102. The van der Waals surface area contributed by atoms with Gasteiger partial charge in [0.25, 0.3) is 5.91 Å². The fourth-order valence-electron chi connectivity index (χ4n) is 2.06. The van der Waals surface area contributed by atoms with Crippen molar-refractivity contribution in [3.8, 4) is 5.75 Å². The lowest BCUT2D eigenvalue weighted by Gasteiger charge is -2.14. The molecule has 6 heteroatoms. The van der Waals surface area contributed by atoms with Crippen LogP contribution in [-0.4, -0.2) is 31.1 Å². The lowest BCUT2D eigenvalue weighted by Crippen LogP contribution is -2.33. The molecular weight excluding hydrogens is 342 g/mol. The number of carbonyl (C=O) groups is 2. The second-order valence-electron chi connectivity index (χ2n) is 5.41. The monoisotopic (exact) mass is 361 g/mol. The Morgan fingerprint density at radius 3 is 2.44 bits per heavy atom. The number of hydrogen-bond donors (Lipinski definition) is 1. The first-order chi connectivity index (χ1) is 12.0. The van der Waals surface area contributed by atoms with Gasteiger partial charge in [-0.3, -0.25) is 4.79 Å². The summed E-state index contributed by atoms with van der Waals surface area (Å²) in [5.74, 6) is -0.447. The van der Waals surface area contributed by atoms with Crippen LogP contribution in [0.5, 0.6) is 5.75 Å². The minimum Gasteiger partial charge on any atom is -0.479 e. The zero-order valence-electron chi connectivity index (χ0n) is 13.9. The van der Waals surface area contributed by atoms with Crippen LogP contribution in [0.25, 0.3) is 0 Å². The van der Waals surface area contributed by atoms with E-state index in [-0.39, 0.29) is 12.5 Å². The van der Waals surface area contributed by atoms with E-state index in [9.17, 15) is 9.59 Å². The van der Waals surface area contributed by atoms with Crippen LogP contribution in [-0.2, 0) is 20.7 Å². The Morgan fingerprint density at radius 2 is 1.76 bits per heavy atom. The molecule has 0 spiro atoms. The maximum atomic E-state index is 11.9. The largest absolute Gasteiger partial charge is 0.479 e. The van der Waals surface area contributed by atoms with Crippen LogP contribution in [0.1, 0.15) is 12.5 Å². The van der Waals surface area contributed by atoms with Gasteiger partial charge in [0.1, 0.15) is 5.75 Å². The molecule has 2 aromatic carbocycles. The van der Waals surface area contributed by atoms with Gasteiger partial charge >= 0.3 is 5.97 Å². The third-order valence-corrected chi connectivity index (χ3v) is 3.63. The molecule has 1 N–H and O–H groups in total. The molecule has 0 fully saturated rings. The van der Waals surface area contributed by atoms with Gasteiger partial charge in [0, 0.05) is 11.6 Å². The van der Waals surface area contributed by atoms with Crippen molar-refractivity contribution in [1.82, 2.24) is 5.32 Å². The highest BCUT2D eigenvalue weighted by Gasteiger charge is 2.17. The zero-order chi connectivity index (χ0) is 18.1. The van der Waals surface area contributed by atoms with E-state index in [1.165, 1.54) is 0 Å². The number of ether oxygens (including phenoxy) is 2. The van der Waals surface area contributed by atoms with Crippen molar-refractivity contribution in [3.05, 3.63) is 65.2 Å². The Bertz CT molecular complexity index is 688. The minimum atomic E-state index is -0.821. The SMILES string of the molecule is CC(Oc1ccc(Cl)cc1)C(=O)OCC(=O)NCCc1ccccc1. The summed E-state index contributed by atoms with van der Waals surface area (Å²) in [4.78, 5) is 23.6. The molecule has 132 valence electrons. The molecule has 0 aromatic heterocycles. The van der Waals surface area contributed by atoms with Gasteiger partial charge in [-0.15, -0.1) is 0 Å².